The molecule has 0 aromatic heterocycles. The van der Waals surface area contributed by atoms with Crippen molar-refractivity contribution in [2.24, 2.45) is 40.4 Å². The highest BCUT2D eigenvalue weighted by atomic mass is 16.5. The highest BCUT2D eigenvalue weighted by Crippen LogP contribution is 2.68. The van der Waals surface area contributed by atoms with E-state index in [-0.39, 0.29) is 34.9 Å². The molecular weight excluding hydrogens is 470 g/mol. The van der Waals surface area contributed by atoms with Gasteiger partial charge in [-0.25, -0.2) is 0 Å². The first-order chi connectivity index (χ1) is 17.3. The number of allylic oxidation sites excluding steroid dienone is 1. The van der Waals surface area contributed by atoms with E-state index in [4.69, 9.17) is 4.74 Å². The molecule has 0 bridgehead atoms. The number of rotatable bonds is 6. The van der Waals surface area contributed by atoms with Gasteiger partial charge in [-0.3, -0.25) is 4.79 Å². The number of carbonyl (C=O) groups is 1. The summed E-state index contributed by atoms with van der Waals surface area (Å²) in [7, 11) is 1.92. The fraction of sp³-hybridized carbons (Fsp3) is 0.900. The summed E-state index contributed by atoms with van der Waals surface area (Å²) in [5.74, 6) is 0.0446. The Morgan fingerprint density at radius 1 is 1.19 bits per heavy atom. The molecule has 1 aliphatic heterocycles. The first kappa shape index (κ1) is 27.7. The van der Waals surface area contributed by atoms with Crippen LogP contribution in [0.1, 0.15) is 79.1 Å². The van der Waals surface area contributed by atoms with Crippen LogP contribution < -0.4 is 5.32 Å². The Kier molecular flexibility index (Phi) is 7.03. The average molecular weight is 520 g/mol. The summed E-state index contributed by atoms with van der Waals surface area (Å²) >= 11 is 0. The molecule has 5 N–H and O–H groups in total. The Bertz CT molecular complexity index is 935. The van der Waals surface area contributed by atoms with Crippen LogP contribution >= 0.6 is 0 Å². The van der Waals surface area contributed by atoms with E-state index in [0.29, 0.717) is 38.2 Å². The van der Waals surface area contributed by atoms with Gasteiger partial charge in [-0.1, -0.05) is 20.8 Å². The molecule has 7 nitrogen and oxygen atoms in total. The molecule has 0 amide bonds. The van der Waals surface area contributed by atoms with E-state index < -0.39 is 34.9 Å². The van der Waals surface area contributed by atoms with Crippen LogP contribution in [-0.2, 0) is 9.53 Å². The molecule has 12 atom stereocenters. The fourth-order valence-corrected chi connectivity index (χ4v) is 9.71. The summed E-state index contributed by atoms with van der Waals surface area (Å²) in [4.78, 5) is 13.4. The molecule has 7 heteroatoms. The fourth-order valence-electron chi connectivity index (χ4n) is 9.71. The van der Waals surface area contributed by atoms with E-state index in [1.54, 1.807) is 13.0 Å². The second-order valence-corrected chi connectivity index (χ2v) is 14.0. The van der Waals surface area contributed by atoms with E-state index >= 15 is 0 Å². The van der Waals surface area contributed by atoms with Crippen LogP contribution in [0.3, 0.4) is 0 Å². The van der Waals surface area contributed by atoms with Gasteiger partial charge in [0.15, 0.2) is 5.78 Å². The monoisotopic (exact) mass is 519 g/mol. The number of nitrogens with one attached hydrogen (secondary N) is 1. The first-order valence-electron chi connectivity index (χ1n) is 14.6. The Labute approximate surface area is 222 Å². The number of fused-ring (bicyclic) bond motifs is 5. The van der Waals surface area contributed by atoms with E-state index in [1.807, 2.05) is 7.05 Å². The largest absolute Gasteiger partial charge is 0.393 e. The number of ketones is 1. The number of aliphatic hydroxyl groups is 4. The van der Waals surface area contributed by atoms with Crippen molar-refractivity contribution in [1.82, 2.24) is 5.32 Å². The maximum atomic E-state index is 13.4. The summed E-state index contributed by atoms with van der Waals surface area (Å²) in [5, 5.41) is 49.6. The second-order valence-electron chi connectivity index (χ2n) is 14.0. The standard InChI is InChI=1S/C30H49NO6/c1-17-16-37-25(19(17)9-13-31-5)26(34)29(4,35)24-8-12-30(36)21-15-23(33)22-14-18(32)6-10-27(22,2)20(21)7-11-28(24,30)3/h15,17-20,22,24-26,31-32,34-36H,6-14,16H2,1-5H3. The molecule has 4 aliphatic carbocycles. The third-order valence-electron chi connectivity index (χ3n) is 12.1. The molecule has 4 fully saturated rings. The van der Waals surface area contributed by atoms with E-state index in [1.165, 1.54) is 0 Å². The van der Waals surface area contributed by atoms with Crippen LogP contribution in [0, 0.1) is 40.4 Å². The molecule has 0 spiro atoms. The molecule has 0 radical (unpaired) electrons. The lowest BCUT2D eigenvalue weighted by Crippen LogP contribution is -2.63. The number of hydrogen-bond acceptors (Lipinski definition) is 7. The van der Waals surface area contributed by atoms with Crippen LogP contribution in [0.4, 0.5) is 0 Å². The topological polar surface area (TPSA) is 119 Å². The van der Waals surface area contributed by atoms with Crippen molar-refractivity contribution in [2.75, 3.05) is 20.2 Å². The van der Waals surface area contributed by atoms with Gasteiger partial charge in [0.1, 0.15) is 6.10 Å². The van der Waals surface area contributed by atoms with Crippen LogP contribution in [0.15, 0.2) is 11.6 Å². The van der Waals surface area contributed by atoms with Gasteiger partial charge >= 0.3 is 0 Å². The minimum absolute atomic E-state index is 0.0288. The Hall–Kier alpha value is -0.830. The molecule has 210 valence electrons. The van der Waals surface area contributed by atoms with Gasteiger partial charge in [0, 0.05) is 11.3 Å². The average Bonchev–Trinajstić information content (AvgIpc) is 3.35. The maximum absolute atomic E-state index is 13.4. The zero-order valence-corrected chi connectivity index (χ0v) is 23.4. The zero-order valence-electron chi connectivity index (χ0n) is 23.4. The molecule has 5 aliphatic rings. The molecule has 12 unspecified atom stereocenters. The van der Waals surface area contributed by atoms with Crippen molar-refractivity contribution in [1.29, 1.82) is 0 Å². The third kappa shape index (κ3) is 3.93. The Morgan fingerprint density at radius 2 is 1.92 bits per heavy atom. The SMILES string of the molecule is CNCCC1C(C)COC1C(O)C(C)(O)C1CCC2(O)C3=CC(=O)C4CC(O)CCC4(C)C3CCC12C. The van der Waals surface area contributed by atoms with Crippen LogP contribution in [0.5, 0.6) is 0 Å². The van der Waals surface area contributed by atoms with Crippen molar-refractivity contribution in [2.45, 2.75) is 109 Å². The minimum atomic E-state index is -1.45. The lowest BCUT2D eigenvalue weighted by Gasteiger charge is -2.60. The lowest BCUT2D eigenvalue weighted by molar-refractivity contribution is -0.193. The molecule has 1 saturated heterocycles. The number of ether oxygens (including phenoxy) is 1. The summed E-state index contributed by atoms with van der Waals surface area (Å²) in [5.41, 5.74) is -2.72. The molecular formula is C30H49NO6. The second kappa shape index (κ2) is 9.38. The van der Waals surface area contributed by atoms with Crippen LogP contribution in [0.25, 0.3) is 0 Å². The van der Waals surface area contributed by atoms with Gasteiger partial charge in [-0.05, 0) is 113 Å². The van der Waals surface area contributed by atoms with Gasteiger partial charge in [-0.2, -0.15) is 0 Å². The predicted octanol–water partition coefficient (Wildman–Crippen LogP) is 2.59. The quantitative estimate of drug-likeness (QED) is 0.366. The number of carbonyl (C=O) groups excluding carboxylic acids is 1. The summed E-state index contributed by atoms with van der Waals surface area (Å²) < 4.78 is 6.08. The van der Waals surface area contributed by atoms with Gasteiger partial charge in [0.05, 0.1) is 30.0 Å². The van der Waals surface area contributed by atoms with E-state index in [9.17, 15) is 25.2 Å². The van der Waals surface area contributed by atoms with Gasteiger partial charge in [0.25, 0.3) is 0 Å². The van der Waals surface area contributed by atoms with Crippen molar-refractivity contribution in [3.63, 3.8) is 0 Å². The molecule has 37 heavy (non-hydrogen) atoms. The van der Waals surface area contributed by atoms with E-state index in [0.717, 1.165) is 37.8 Å². The maximum Gasteiger partial charge on any atom is 0.159 e. The minimum Gasteiger partial charge on any atom is -0.393 e. The number of aliphatic hydroxyl groups excluding tert-OH is 2. The zero-order chi connectivity index (χ0) is 27.0. The molecule has 0 aromatic rings. The van der Waals surface area contributed by atoms with Crippen molar-refractivity contribution in [3.05, 3.63) is 11.6 Å². The molecule has 3 saturated carbocycles. The third-order valence-corrected chi connectivity index (χ3v) is 12.1. The summed E-state index contributed by atoms with van der Waals surface area (Å²) in [6.45, 7) is 9.51. The highest BCUT2D eigenvalue weighted by Gasteiger charge is 2.69. The Morgan fingerprint density at radius 3 is 2.62 bits per heavy atom. The lowest BCUT2D eigenvalue weighted by atomic mass is 9.46. The number of hydrogen-bond donors (Lipinski definition) is 5. The van der Waals surface area contributed by atoms with Crippen molar-refractivity contribution >= 4 is 5.78 Å². The van der Waals surface area contributed by atoms with Gasteiger partial charge in [-0.15, -0.1) is 0 Å². The van der Waals surface area contributed by atoms with Crippen molar-refractivity contribution < 1.29 is 30.0 Å². The molecule has 5 rings (SSSR count). The van der Waals surface area contributed by atoms with Crippen molar-refractivity contribution in [3.8, 4) is 0 Å². The smallest absolute Gasteiger partial charge is 0.159 e. The van der Waals surface area contributed by atoms with Crippen LogP contribution in [-0.4, -0.2) is 75.9 Å². The van der Waals surface area contributed by atoms with Gasteiger partial charge < -0.3 is 30.5 Å². The van der Waals surface area contributed by atoms with E-state index in [2.05, 4.69) is 26.1 Å². The van der Waals surface area contributed by atoms with Gasteiger partial charge in [0.2, 0.25) is 0 Å². The Balaban J connectivity index is 1.44. The predicted molar refractivity (Wildman–Crippen MR) is 141 cm³/mol. The summed E-state index contributed by atoms with van der Waals surface area (Å²) in [6.07, 6.45) is 5.22. The normalized spacial score (nSPS) is 50.0. The summed E-state index contributed by atoms with van der Waals surface area (Å²) in [6, 6.07) is 0. The highest BCUT2D eigenvalue weighted by molar-refractivity contribution is 5.95. The van der Waals surface area contributed by atoms with Crippen LogP contribution in [0.2, 0.25) is 0 Å². The molecule has 0 aromatic carbocycles. The first-order valence-corrected chi connectivity index (χ1v) is 14.6. The molecule has 1 heterocycles.